The van der Waals surface area contributed by atoms with Crippen molar-refractivity contribution in [1.29, 1.82) is 0 Å². The summed E-state index contributed by atoms with van der Waals surface area (Å²) in [7, 11) is 0. The molecule has 0 nitrogen and oxygen atoms in total. The first kappa shape index (κ1) is 13.2. The summed E-state index contributed by atoms with van der Waals surface area (Å²) in [5.74, 6) is 0. The number of hydrogen-bond donors (Lipinski definition) is 0. The van der Waals surface area contributed by atoms with Crippen molar-refractivity contribution in [1.82, 2.24) is 0 Å². The van der Waals surface area contributed by atoms with Crippen LogP contribution in [0.25, 0.3) is 0 Å². The Hall–Kier alpha value is -1.21. The van der Waals surface area contributed by atoms with Gasteiger partial charge in [0.2, 0.25) is 0 Å². The van der Waals surface area contributed by atoms with Crippen LogP contribution in [0, 0.1) is 6.92 Å². The molecule has 1 aromatic carbocycles. The molecule has 0 atom stereocenters. The molecule has 18 heavy (non-hydrogen) atoms. The van der Waals surface area contributed by atoms with E-state index < -0.39 is 0 Å². The van der Waals surface area contributed by atoms with Crippen LogP contribution in [-0.2, 0) is 0 Å². The van der Waals surface area contributed by atoms with E-state index in [1.807, 2.05) is 11.8 Å². The summed E-state index contributed by atoms with van der Waals surface area (Å²) >= 11 is 1.89. The maximum atomic E-state index is 2.25. The van der Waals surface area contributed by atoms with Gasteiger partial charge in [0.1, 0.15) is 0 Å². The van der Waals surface area contributed by atoms with Gasteiger partial charge in [0, 0.05) is 4.90 Å². The highest BCUT2D eigenvalue weighted by Crippen LogP contribution is 2.31. The first-order chi connectivity index (χ1) is 8.74. The Kier molecular flexibility index (Phi) is 4.89. The smallest absolute Gasteiger partial charge is 0.0119 e. The zero-order chi connectivity index (χ0) is 12.8. The van der Waals surface area contributed by atoms with Crippen LogP contribution in [-0.4, -0.2) is 0 Å². The van der Waals surface area contributed by atoms with E-state index in [0.717, 1.165) is 0 Å². The van der Waals surface area contributed by atoms with E-state index in [4.69, 9.17) is 0 Å². The van der Waals surface area contributed by atoms with Gasteiger partial charge in [0.15, 0.2) is 0 Å². The maximum Gasteiger partial charge on any atom is 0.0119 e. The molecule has 1 aliphatic rings. The van der Waals surface area contributed by atoms with Gasteiger partial charge >= 0.3 is 0 Å². The van der Waals surface area contributed by atoms with Crippen molar-refractivity contribution in [3.05, 3.63) is 64.6 Å². The van der Waals surface area contributed by atoms with Crippen molar-refractivity contribution < 1.29 is 0 Å². The van der Waals surface area contributed by atoms with Gasteiger partial charge in [0.25, 0.3) is 0 Å². The van der Waals surface area contributed by atoms with E-state index in [0.29, 0.717) is 0 Å². The van der Waals surface area contributed by atoms with Gasteiger partial charge in [-0.2, -0.15) is 0 Å². The van der Waals surface area contributed by atoms with Crippen molar-refractivity contribution in [3.8, 4) is 0 Å². The number of rotatable bonds is 2. The second kappa shape index (κ2) is 6.65. The van der Waals surface area contributed by atoms with E-state index in [9.17, 15) is 0 Å². The fourth-order valence-corrected chi connectivity index (χ4v) is 2.90. The number of allylic oxidation sites excluding steroid dienone is 6. The molecule has 0 bridgehead atoms. The molecule has 0 unspecified atom stereocenters. The molecule has 0 aliphatic heterocycles. The Morgan fingerprint density at radius 3 is 2.39 bits per heavy atom. The van der Waals surface area contributed by atoms with Crippen molar-refractivity contribution in [2.75, 3.05) is 0 Å². The SMILES string of the molecule is C\C1=C/C=C\C=C(\Sc2ccc(C)cc2)CCC1. The summed E-state index contributed by atoms with van der Waals surface area (Å²) in [6, 6.07) is 8.78. The van der Waals surface area contributed by atoms with Gasteiger partial charge in [-0.25, -0.2) is 0 Å². The number of hydrogen-bond acceptors (Lipinski definition) is 1. The fourth-order valence-electron chi connectivity index (χ4n) is 1.93. The Morgan fingerprint density at radius 2 is 1.61 bits per heavy atom. The molecule has 0 amide bonds. The molecule has 0 saturated heterocycles. The van der Waals surface area contributed by atoms with Crippen molar-refractivity contribution >= 4 is 11.8 Å². The van der Waals surface area contributed by atoms with Crippen molar-refractivity contribution in [3.63, 3.8) is 0 Å². The Morgan fingerprint density at radius 1 is 0.889 bits per heavy atom. The average Bonchev–Trinajstić information content (AvgIpc) is 2.45. The predicted octanol–water partition coefficient (Wildman–Crippen LogP) is 5.66. The zero-order valence-corrected chi connectivity index (χ0v) is 12.0. The highest BCUT2D eigenvalue weighted by Gasteiger charge is 2.02. The van der Waals surface area contributed by atoms with Gasteiger partial charge in [0.05, 0.1) is 0 Å². The Labute approximate surface area is 114 Å². The van der Waals surface area contributed by atoms with Crippen LogP contribution in [0.3, 0.4) is 0 Å². The Balaban J connectivity index is 2.06. The summed E-state index contributed by atoms with van der Waals surface area (Å²) in [6.07, 6.45) is 12.4. The molecule has 0 fully saturated rings. The Bertz CT molecular complexity index is 475. The lowest BCUT2D eigenvalue weighted by atomic mass is 10.1. The third-order valence-corrected chi connectivity index (χ3v) is 4.15. The number of aryl methyl sites for hydroxylation is 1. The summed E-state index contributed by atoms with van der Waals surface area (Å²) in [5.41, 5.74) is 2.80. The van der Waals surface area contributed by atoms with Crippen LogP contribution in [0.5, 0.6) is 0 Å². The molecular weight excluding hydrogens is 236 g/mol. The van der Waals surface area contributed by atoms with Crippen LogP contribution < -0.4 is 0 Å². The molecule has 0 aromatic heterocycles. The average molecular weight is 256 g/mol. The summed E-state index contributed by atoms with van der Waals surface area (Å²) in [5, 5.41) is 0. The van der Waals surface area contributed by atoms with E-state index in [1.54, 1.807) is 0 Å². The van der Waals surface area contributed by atoms with Crippen molar-refractivity contribution in [2.24, 2.45) is 0 Å². The van der Waals surface area contributed by atoms with Crippen molar-refractivity contribution in [2.45, 2.75) is 38.0 Å². The highest BCUT2D eigenvalue weighted by atomic mass is 32.2. The largest absolute Gasteiger partial charge is 0.0946 e. The third kappa shape index (κ3) is 4.23. The van der Waals surface area contributed by atoms with Gasteiger partial charge in [-0.15, -0.1) is 0 Å². The molecule has 0 radical (unpaired) electrons. The summed E-state index contributed by atoms with van der Waals surface area (Å²) in [6.45, 7) is 4.34. The molecule has 94 valence electrons. The van der Waals surface area contributed by atoms with Crippen LogP contribution >= 0.6 is 11.8 Å². The molecule has 0 N–H and O–H groups in total. The monoisotopic (exact) mass is 256 g/mol. The minimum atomic E-state index is 1.17. The van der Waals surface area contributed by atoms with E-state index >= 15 is 0 Å². The molecule has 2 rings (SSSR count). The number of thioether (sulfide) groups is 1. The zero-order valence-electron chi connectivity index (χ0n) is 11.1. The maximum absolute atomic E-state index is 2.25. The normalized spacial score (nSPS) is 23.9. The van der Waals surface area contributed by atoms with Crippen LogP contribution in [0.1, 0.15) is 31.7 Å². The molecular formula is C17H20S. The van der Waals surface area contributed by atoms with E-state index in [-0.39, 0.29) is 0 Å². The standard InChI is InChI=1S/C17H20S/c1-14-6-3-4-8-16(9-5-7-14)18-17-12-10-15(2)11-13-17/h3-4,6,8,10-13H,5,7,9H2,1-2H3/b4-3-,14-6+,16-8+. The highest BCUT2D eigenvalue weighted by molar-refractivity contribution is 8.03. The van der Waals surface area contributed by atoms with Gasteiger partial charge in [-0.05, 0) is 50.1 Å². The minimum absolute atomic E-state index is 1.17. The fraction of sp³-hybridized carbons (Fsp3) is 0.294. The van der Waals surface area contributed by atoms with Crippen LogP contribution in [0.15, 0.2) is 63.9 Å². The molecule has 1 aromatic rings. The lowest BCUT2D eigenvalue weighted by molar-refractivity contribution is 0.827. The molecule has 0 spiro atoms. The predicted molar refractivity (Wildman–Crippen MR) is 81.9 cm³/mol. The van der Waals surface area contributed by atoms with Gasteiger partial charge in [-0.3, -0.25) is 0 Å². The second-order valence-corrected chi connectivity index (χ2v) is 6.00. The van der Waals surface area contributed by atoms with Crippen LogP contribution in [0.2, 0.25) is 0 Å². The van der Waals surface area contributed by atoms with Crippen LogP contribution in [0.4, 0.5) is 0 Å². The topological polar surface area (TPSA) is 0 Å². The first-order valence-electron chi connectivity index (χ1n) is 6.51. The first-order valence-corrected chi connectivity index (χ1v) is 7.33. The quantitative estimate of drug-likeness (QED) is 0.658. The number of benzene rings is 1. The van der Waals surface area contributed by atoms with E-state index in [2.05, 4.69) is 62.4 Å². The lowest BCUT2D eigenvalue weighted by Crippen LogP contribution is -1.82. The second-order valence-electron chi connectivity index (χ2n) is 4.80. The molecule has 1 aliphatic carbocycles. The summed E-state index contributed by atoms with van der Waals surface area (Å²) in [4.78, 5) is 2.79. The lowest BCUT2D eigenvalue weighted by Gasteiger charge is -2.07. The van der Waals surface area contributed by atoms with Gasteiger partial charge in [-0.1, -0.05) is 59.3 Å². The summed E-state index contributed by atoms with van der Waals surface area (Å²) < 4.78 is 0. The molecule has 0 heterocycles. The van der Waals surface area contributed by atoms with E-state index in [1.165, 1.54) is 40.2 Å². The third-order valence-electron chi connectivity index (χ3n) is 3.04. The van der Waals surface area contributed by atoms with Gasteiger partial charge < -0.3 is 0 Å². The molecule has 1 heteroatoms. The minimum Gasteiger partial charge on any atom is -0.0946 e. The molecule has 0 saturated carbocycles.